The summed E-state index contributed by atoms with van der Waals surface area (Å²) in [4.78, 5) is 15.1. The van der Waals surface area contributed by atoms with Gasteiger partial charge in [0.25, 0.3) is 0 Å². The van der Waals surface area contributed by atoms with Crippen LogP contribution in [0.2, 0.25) is 0 Å². The Morgan fingerprint density at radius 2 is 0.804 bits per heavy atom. The molecular weight excluding hydrogens is 566 g/mol. The van der Waals surface area contributed by atoms with Crippen molar-refractivity contribution in [2.24, 2.45) is 0 Å². The lowest BCUT2D eigenvalue weighted by atomic mass is 10.0. The molecule has 0 aliphatic rings. The fourth-order valence-electron chi connectivity index (χ4n) is 6.56. The van der Waals surface area contributed by atoms with E-state index >= 15 is 0 Å². The van der Waals surface area contributed by atoms with Gasteiger partial charge in [0.1, 0.15) is 22.3 Å². The molecule has 0 spiro atoms. The summed E-state index contributed by atoms with van der Waals surface area (Å²) in [5.74, 6) is 1.78. The van der Waals surface area contributed by atoms with E-state index in [9.17, 15) is 0 Å². The predicted octanol–water partition coefficient (Wildman–Crippen LogP) is 11.0. The van der Waals surface area contributed by atoms with Crippen LogP contribution in [0.4, 0.5) is 0 Å². The van der Waals surface area contributed by atoms with E-state index in [1.807, 2.05) is 54.6 Å². The van der Waals surface area contributed by atoms with E-state index in [4.69, 9.17) is 23.8 Å². The molecular formula is C41H23N3O2. The van der Waals surface area contributed by atoms with Crippen molar-refractivity contribution in [2.45, 2.75) is 0 Å². The molecule has 0 radical (unpaired) electrons. The van der Waals surface area contributed by atoms with Crippen molar-refractivity contribution in [3.05, 3.63) is 140 Å². The molecule has 214 valence electrons. The molecule has 5 nitrogen and oxygen atoms in total. The van der Waals surface area contributed by atoms with Crippen LogP contribution in [-0.4, -0.2) is 15.0 Å². The molecule has 0 N–H and O–H groups in total. The normalized spacial score (nSPS) is 11.9. The molecule has 0 amide bonds. The summed E-state index contributed by atoms with van der Waals surface area (Å²) in [6, 6.07) is 47.7. The highest BCUT2D eigenvalue weighted by Crippen LogP contribution is 2.36. The molecule has 0 bridgehead atoms. The quantitative estimate of drug-likeness (QED) is 0.205. The van der Waals surface area contributed by atoms with E-state index in [0.717, 1.165) is 71.3 Å². The topological polar surface area (TPSA) is 65.0 Å². The Bertz CT molecular complexity index is 2830. The van der Waals surface area contributed by atoms with Crippen molar-refractivity contribution in [2.75, 3.05) is 0 Å². The van der Waals surface area contributed by atoms with Crippen LogP contribution in [0.5, 0.6) is 0 Å². The van der Waals surface area contributed by atoms with Gasteiger partial charge >= 0.3 is 0 Å². The van der Waals surface area contributed by atoms with Crippen molar-refractivity contribution in [1.29, 1.82) is 0 Å². The lowest BCUT2D eigenvalue weighted by Gasteiger charge is -2.09. The van der Waals surface area contributed by atoms with Crippen LogP contribution in [-0.2, 0) is 0 Å². The van der Waals surface area contributed by atoms with Crippen LogP contribution in [0.1, 0.15) is 0 Å². The van der Waals surface area contributed by atoms with E-state index in [1.165, 1.54) is 10.8 Å². The maximum absolute atomic E-state index is 6.28. The SMILES string of the molecule is c1ccc2cc(-c3nc(-c4ccc5c(c4)oc4ccccc45)nc(-c4ccc5oc6cc7ccccc7cc6c5c4)n3)ccc2c1. The third-order valence-electron chi connectivity index (χ3n) is 8.88. The van der Waals surface area contributed by atoms with Crippen LogP contribution in [0.15, 0.2) is 148 Å². The van der Waals surface area contributed by atoms with Gasteiger partial charge in [-0.2, -0.15) is 0 Å². The first-order chi connectivity index (χ1) is 22.7. The lowest BCUT2D eigenvalue weighted by molar-refractivity contribution is 0.669. The molecule has 0 aliphatic carbocycles. The van der Waals surface area contributed by atoms with Gasteiger partial charge in [-0.25, -0.2) is 15.0 Å². The average Bonchev–Trinajstić information content (AvgIpc) is 3.67. The van der Waals surface area contributed by atoms with Gasteiger partial charge in [-0.15, -0.1) is 0 Å². The maximum atomic E-state index is 6.28. The van der Waals surface area contributed by atoms with Crippen molar-refractivity contribution in [3.63, 3.8) is 0 Å². The first-order valence-electron chi connectivity index (χ1n) is 15.3. The third kappa shape index (κ3) is 3.92. The second-order valence-corrected chi connectivity index (χ2v) is 11.7. The van der Waals surface area contributed by atoms with Gasteiger partial charge in [-0.05, 0) is 76.1 Å². The molecule has 10 rings (SSSR count). The molecule has 5 heteroatoms. The Hall–Kier alpha value is -6.33. The minimum absolute atomic E-state index is 0.582. The Labute approximate surface area is 262 Å². The van der Waals surface area contributed by atoms with Gasteiger partial charge in [0.15, 0.2) is 17.5 Å². The molecule has 0 saturated heterocycles. The van der Waals surface area contributed by atoms with Crippen LogP contribution in [0.25, 0.3) is 99.6 Å². The van der Waals surface area contributed by atoms with Crippen LogP contribution in [0.3, 0.4) is 0 Å². The summed E-state index contributed by atoms with van der Waals surface area (Å²) in [5, 5.41) is 8.86. The number of furan rings is 2. The van der Waals surface area contributed by atoms with Gasteiger partial charge in [0.2, 0.25) is 0 Å². The zero-order valence-corrected chi connectivity index (χ0v) is 24.4. The molecule has 0 atom stereocenters. The van der Waals surface area contributed by atoms with Crippen molar-refractivity contribution < 1.29 is 8.83 Å². The molecule has 7 aromatic carbocycles. The summed E-state index contributed by atoms with van der Waals surface area (Å²) in [7, 11) is 0. The number of hydrogen-bond donors (Lipinski definition) is 0. The highest BCUT2D eigenvalue weighted by Gasteiger charge is 2.17. The molecule has 10 aromatic rings. The van der Waals surface area contributed by atoms with Gasteiger partial charge in [-0.3, -0.25) is 0 Å². The number of benzene rings is 7. The molecule has 0 saturated carbocycles. The maximum Gasteiger partial charge on any atom is 0.164 e. The minimum Gasteiger partial charge on any atom is -0.456 e. The Kier molecular flexibility index (Phi) is 5.22. The molecule has 0 unspecified atom stereocenters. The van der Waals surface area contributed by atoms with Crippen molar-refractivity contribution in [1.82, 2.24) is 15.0 Å². The first kappa shape index (κ1) is 25.0. The standard InChI is InChI=1S/C41H23N3O2/c1-2-8-25-19-28(14-13-24(25)7-1)39-42-40(44-41(43-39)30-15-17-32-31-11-5-6-12-35(31)45-37(32)23-30)29-16-18-36-33(21-29)34-20-26-9-3-4-10-27(26)22-38(34)46-36/h1-23H. The Morgan fingerprint density at radius 3 is 1.59 bits per heavy atom. The highest BCUT2D eigenvalue weighted by molar-refractivity contribution is 6.11. The molecule has 46 heavy (non-hydrogen) atoms. The first-order valence-corrected chi connectivity index (χ1v) is 15.3. The second kappa shape index (κ2) is 9.58. The smallest absolute Gasteiger partial charge is 0.164 e. The number of hydrogen-bond acceptors (Lipinski definition) is 5. The van der Waals surface area contributed by atoms with Crippen molar-refractivity contribution >= 4 is 65.4 Å². The third-order valence-corrected chi connectivity index (χ3v) is 8.88. The summed E-state index contributed by atoms with van der Waals surface area (Å²) in [6.45, 7) is 0. The second-order valence-electron chi connectivity index (χ2n) is 11.7. The number of fused-ring (bicyclic) bond motifs is 8. The minimum atomic E-state index is 0.582. The van der Waals surface area contributed by atoms with Crippen LogP contribution in [0, 0.1) is 0 Å². The van der Waals surface area contributed by atoms with Gasteiger partial charge in [0.05, 0.1) is 0 Å². The highest BCUT2D eigenvalue weighted by atomic mass is 16.3. The molecule has 0 aliphatic heterocycles. The Balaban J connectivity index is 1.19. The number of nitrogens with zero attached hydrogens (tertiary/aromatic N) is 3. The van der Waals surface area contributed by atoms with Crippen molar-refractivity contribution in [3.8, 4) is 34.2 Å². The lowest BCUT2D eigenvalue weighted by Crippen LogP contribution is -2.00. The zero-order chi connectivity index (χ0) is 30.2. The summed E-state index contributed by atoms with van der Waals surface area (Å²) >= 11 is 0. The van der Waals surface area contributed by atoms with E-state index in [1.54, 1.807) is 0 Å². The van der Waals surface area contributed by atoms with E-state index in [0.29, 0.717) is 17.5 Å². The van der Waals surface area contributed by atoms with E-state index < -0.39 is 0 Å². The molecule has 0 fully saturated rings. The fraction of sp³-hybridized carbons (Fsp3) is 0. The van der Waals surface area contributed by atoms with Gasteiger partial charge < -0.3 is 8.83 Å². The predicted molar refractivity (Wildman–Crippen MR) is 186 cm³/mol. The summed E-state index contributed by atoms with van der Waals surface area (Å²) < 4.78 is 12.5. The molecule has 3 heterocycles. The number of rotatable bonds is 3. The van der Waals surface area contributed by atoms with E-state index in [-0.39, 0.29) is 0 Å². The number of para-hydroxylation sites is 1. The fourth-order valence-corrected chi connectivity index (χ4v) is 6.56. The number of aromatic nitrogens is 3. The summed E-state index contributed by atoms with van der Waals surface area (Å²) in [6.07, 6.45) is 0. The van der Waals surface area contributed by atoms with Gasteiger partial charge in [-0.1, -0.05) is 84.9 Å². The van der Waals surface area contributed by atoms with Gasteiger partial charge in [0, 0.05) is 38.2 Å². The Morgan fingerprint density at radius 1 is 0.304 bits per heavy atom. The largest absolute Gasteiger partial charge is 0.456 e. The van der Waals surface area contributed by atoms with Crippen LogP contribution >= 0.6 is 0 Å². The molecule has 3 aromatic heterocycles. The zero-order valence-electron chi connectivity index (χ0n) is 24.4. The monoisotopic (exact) mass is 589 g/mol. The average molecular weight is 590 g/mol. The van der Waals surface area contributed by atoms with Crippen LogP contribution < -0.4 is 0 Å². The summed E-state index contributed by atoms with van der Waals surface area (Å²) in [5.41, 5.74) is 6.02. The van der Waals surface area contributed by atoms with E-state index in [2.05, 4.69) is 84.9 Å².